The van der Waals surface area contributed by atoms with Gasteiger partial charge in [-0.25, -0.2) is 4.98 Å². The minimum absolute atomic E-state index is 0.0355. The third-order valence-electron chi connectivity index (χ3n) is 5.45. The van der Waals surface area contributed by atoms with Gasteiger partial charge in [0.2, 0.25) is 5.91 Å². The third kappa shape index (κ3) is 5.27. The Balaban J connectivity index is 1.38. The van der Waals surface area contributed by atoms with Gasteiger partial charge in [-0.05, 0) is 42.7 Å². The molecular formula is C23H22Cl2N4O2. The summed E-state index contributed by atoms with van der Waals surface area (Å²) < 4.78 is 1.55. The van der Waals surface area contributed by atoms with Crippen LogP contribution in [0.15, 0.2) is 65.7 Å². The van der Waals surface area contributed by atoms with E-state index in [4.69, 9.17) is 23.2 Å². The molecule has 0 saturated carbocycles. The van der Waals surface area contributed by atoms with E-state index in [-0.39, 0.29) is 17.4 Å². The first-order valence-electron chi connectivity index (χ1n) is 10.1. The van der Waals surface area contributed by atoms with E-state index >= 15 is 0 Å². The second kappa shape index (κ2) is 9.54. The number of piperidine rings is 1. The highest BCUT2D eigenvalue weighted by atomic mass is 35.5. The Morgan fingerprint density at radius 3 is 2.55 bits per heavy atom. The van der Waals surface area contributed by atoms with Gasteiger partial charge >= 0.3 is 0 Å². The molecular weight excluding hydrogens is 435 g/mol. The van der Waals surface area contributed by atoms with E-state index in [1.165, 1.54) is 6.07 Å². The number of anilines is 2. The molecule has 1 aromatic carbocycles. The number of carbonyl (C=O) groups excluding carboxylic acids is 1. The van der Waals surface area contributed by atoms with Gasteiger partial charge in [0.15, 0.2) is 0 Å². The molecule has 8 heteroatoms. The van der Waals surface area contributed by atoms with Crippen LogP contribution in [-0.4, -0.2) is 28.5 Å². The van der Waals surface area contributed by atoms with Crippen molar-refractivity contribution in [3.63, 3.8) is 0 Å². The highest BCUT2D eigenvalue weighted by Crippen LogP contribution is 2.24. The van der Waals surface area contributed by atoms with Crippen LogP contribution in [0.5, 0.6) is 0 Å². The summed E-state index contributed by atoms with van der Waals surface area (Å²) in [4.78, 5) is 31.6. The predicted octanol–water partition coefficient (Wildman–Crippen LogP) is 4.45. The summed E-state index contributed by atoms with van der Waals surface area (Å²) in [5, 5.41) is 4.17. The van der Waals surface area contributed by atoms with Crippen LogP contribution in [0.4, 0.5) is 11.5 Å². The lowest BCUT2D eigenvalue weighted by molar-refractivity contribution is -0.120. The van der Waals surface area contributed by atoms with Gasteiger partial charge in [-0.2, -0.15) is 0 Å². The normalized spacial score (nSPS) is 14.5. The molecule has 6 nitrogen and oxygen atoms in total. The molecule has 160 valence electrons. The van der Waals surface area contributed by atoms with Crippen molar-refractivity contribution in [2.75, 3.05) is 23.3 Å². The summed E-state index contributed by atoms with van der Waals surface area (Å²) in [6, 6.07) is 14.2. The van der Waals surface area contributed by atoms with Crippen LogP contribution in [0.2, 0.25) is 10.0 Å². The Hall–Kier alpha value is -2.83. The first-order chi connectivity index (χ1) is 15.0. The second-order valence-electron chi connectivity index (χ2n) is 7.56. The van der Waals surface area contributed by atoms with Crippen molar-refractivity contribution in [1.82, 2.24) is 9.55 Å². The molecule has 0 aliphatic carbocycles. The van der Waals surface area contributed by atoms with Gasteiger partial charge in [-0.3, -0.25) is 9.59 Å². The average molecular weight is 457 g/mol. The van der Waals surface area contributed by atoms with Crippen LogP contribution in [0.1, 0.15) is 18.4 Å². The van der Waals surface area contributed by atoms with Crippen molar-refractivity contribution in [3.8, 4) is 0 Å². The first-order valence-corrected chi connectivity index (χ1v) is 10.9. The molecule has 1 aliphatic heterocycles. The summed E-state index contributed by atoms with van der Waals surface area (Å²) in [7, 11) is 0. The van der Waals surface area contributed by atoms with E-state index in [0.717, 1.165) is 37.3 Å². The second-order valence-corrected chi connectivity index (χ2v) is 8.40. The molecule has 4 rings (SSSR count). The smallest absolute Gasteiger partial charge is 0.250 e. The maximum absolute atomic E-state index is 12.8. The van der Waals surface area contributed by atoms with E-state index in [1.807, 2.05) is 30.3 Å². The SMILES string of the molecule is O=C(Nc1ccc(=O)n(Cc2ccccc2Cl)c1)C1CCN(c2ccc(Cl)cn2)CC1. The van der Waals surface area contributed by atoms with E-state index < -0.39 is 0 Å². The molecule has 0 atom stereocenters. The Labute approximate surface area is 190 Å². The fraction of sp³-hybridized carbons (Fsp3) is 0.261. The Morgan fingerprint density at radius 2 is 1.84 bits per heavy atom. The number of halogens is 2. The molecule has 0 radical (unpaired) electrons. The Morgan fingerprint density at radius 1 is 1.06 bits per heavy atom. The van der Waals surface area contributed by atoms with Gasteiger partial charge < -0.3 is 14.8 Å². The molecule has 3 aromatic rings. The number of benzene rings is 1. The van der Waals surface area contributed by atoms with Gasteiger partial charge in [0, 0.05) is 42.5 Å². The highest BCUT2D eigenvalue weighted by Gasteiger charge is 2.25. The van der Waals surface area contributed by atoms with Gasteiger partial charge in [0.25, 0.3) is 5.56 Å². The maximum Gasteiger partial charge on any atom is 0.250 e. The van der Waals surface area contributed by atoms with Crippen LogP contribution in [0.25, 0.3) is 0 Å². The van der Waals surface area contributed by atoms with E-state index in [1.54, 1.807) is 29.1 Å². The molecule has 1 amide bonds. The molecule has 1 fully saturated rings. The van der Waals surface area contributed by atoms with Crippen LogP contribution in [0, 0.1) is 5.92 Å². The lowest BCUT2D eigenvalue weighted by Gasteiger charge is -2.32. The number of nitrogens with zero attached hydrogens (tertiary/aromatic N) is 3. The van der Waals surface area contributed by atoms with Gasteiger partial charge in [0.1, 0.15) is 5.82 Å². The molecule has 0 bridgehead atoms. The lowest BCUT2D eigenvalue weighted by Crippen LogP contribution is -2.38. The third-order valence-corrected chi connectivity index (χ3v) is 6.04. The fourth-order valence-corrected chi connectivity index (χ4v) is 4.02. The monoisotopic (exact) mass is 456 g/mol. The van der Waals surface area contributed by atoms with E-state index in [2.05, 4.69) is 15.2 Å². The average Bonchev–Trinajstić information content (AvgIpc) is 2.78. The van der Waals surface area contributed by atoms with Crippen molar-refractivity contribution in [2.45, 2.75) is 19.4 Å². The van der Waals surface area contributed by atoms with Crippen molar-refractivity contribution >= 4 is 40.6 Å². The van der Waals surface area contributed by atoms with E-state index in [0.29, 0.717) is 22.3 Å². The van der Waals surface area contributed by atoms with Crippen molar-refractivity contribution in [3.05, 3.63) is 86.9 Å². The number of hydrogen-bond donors (Lipinski definition) is 1. The molecule has 0 unspecified atom stereocenters. The number of hydrogen-bond acceptors (Lipinski definition) is 4. The number of rotatable bonds is 5. The summed E-state index contributed by atoms with van der Waals surface area (Å²) in [5.74, 6) is 0.745. The summed E-state index contributed by atoms with van der Waals surface area (Å²) in [6.07, 6.45) is 4.76. The minimum Gasteiger partial charge on any atom is -0.357 e. The summed E-state index contributed by atoms with van der Waals surface area (Å²) in [6.45, 7) is 1.84. The highest BCUT2D eigenvalue weighted by molar-refractivity contribution is 6.31. The van der Waals surface area contributed by atoms with Crippen LogP contribution < -0.4 is 15.8 Å². The largest absolute Gasteiger partial charge is 0.357 e. The fourth-order valence-electron chi connectivity index (χ4n) is 3.71. The molecule has 2 aromatic heterocycles. The van der Waals surface area contributed by atoms with Crippen LogP contribution >= 0.6 is 23.2 Å². The van der Waals surface area contributed by atoms with E-state index in [9.17, 15) is 9.59 Å². The molecule has 1 saturated heterocycles. The number of pyridine rings is 2. The van der Waals surface area contributed by atoms with Crippen molar-refractivity contribution in [1.29, 1.82) is 0 Å². The molecule has 31 heavy (non-hydrogen) atoms. The standard InChI is InChI=1S/C23H22Cl2N4O2/c24-18-5-7-21(26-13-18)28-11-9-16(10-12-28)23(31)27-19-6-8-22(30)29(15-19)14-17-3-1-2-4-20(17)25/h1-8,13,15-16H,9-12,14H2,(H,27,31). The van der Waals surface area contributed by atoms with Gasteiger partial charge in [-0.1, -0.05) is 41.4 Å². The summed E-state index contributed by atoms with van der Waals surface area (Å²) in [5.41, 5.74) is 1.29. The zero-order valence-electron chi connectivity index (χ0n) is 16.8. The van der Waals surface area contributed by atoms with Gasteiger partial charge in [0.05, 0.1) is 17.3 Å². The maximum atomic E-state index is 12.8. The molecule has 1 N–H and O–H groups in total. The van der Waals surface area contributed by atoms with Gasteiger partial charge in [-0.15, -0.1) is 0 Å². The van der Waals surface area contributed by atoms with Crippen molar-refractivity contribution in [2.24, 2.45) is 5.92 Å². The Bertz CT molecular complexity index is 1120. The topological polar surface area (TPSA) is 67.2 Å². The predicted molar refractivity (Wildman–Crippen MR) is 124 cm³/mol. The number of carbonyl (C=O) groups is 1. The quantitative estimate of drug-likeness (QED) is 0.615. The van der Waals surface area contributed by atoms with Crippen LogP contribution in [0.3, 0.4) is 0 Å². The van der Waals surface area contributed by atoms with Crippen molar-refractivity contribution < 1.29 is 4.79 Å². The number of aromatic nitrogens is 2. The molecule has 1 aliphatic rings. The minimum atomic E-state index is -0.151. The number of amides is 1. The summed E-state index contributed by atoms with van der Waals surface area (Å²) >= 11 is 12.1. The Kier molecular flexibility index (Phi) is 6.59. The zero-order chi connectivity index (χ0) is 21.8. The molecule has 3 heterocycles. The van der Waals surface area contributed by atoms with Crippen LogP contribution in [-0.2, 0) is 11.3 Å². The molecule has 0 spiro atoms. The number of nitrogens with one attached hydrogen (secondary N) is 1. The zero-order valence-corrected chi connectivity index (χ0v) is 18.3. The lowest BCUT2D eigenvalue weighted by atomic mass is 9.96. The first kappa shape index (κ1) is 21.4.